The molecule has 0 radical (unpaired) electrons. The Balaban J connectivity index is 2.30. The van der Waals surface area contributed by atoms with Gasteiger partial charge in [0.05, 0.1) is 18.4 Å². The van der Waals surface area contributed by atoms with Crippen LogP contribution in [0.1, 0.15) is 15.9 Å². The van der Waals surface area contributed by atoms with E-state index in [1.807, 2.05) is 13.0 Å². The summed E-state index contributed by atoms with van der Waals surface area (Å²) in [4.78, 5) is 12.2. The lowest BCUT2D eigenvalue weighted by Crippen LogP contribution is -2.14. The van der Waals surface area contributed by atoms with Crippen LogP contribution in [-0.4, -0.2) is 18.1 Å². The lowest BCUT2D eigenvalue weighted by molar-refractivity contribution is 0.102. The number of carbonyl (C=O) groups excluding carboxylic acids is 1. The fourth-order valence-electron chi connectivity index (χ4n) is 1.79. The number of aromatic hydroxyl groups is 1. The second-order valence-electron chi connectivity index (χ2n) is 4.32. The third-order valence-electron chi connectivity index (χ3n) is 2.80. The van der Waals surface area contributed by atoms with Gasteiger partial charge in [0, 0.05) is 6.07 Å². The number of phenolic OH excluding ortho intramolecular Hbond substituents is 1. The van der Waals surface area contributed by atoms with Gasteiger partial charge in [0.2, 0.25) is 0 Å². The summed E-state index contributed by atoms with van der Waals surface area (Å²) in [5.41, 5.74) is 1.21. The molecule has 4 nitrogen and oxygen atoms in total. The van der Waals surface area contributed by atoms with Crippen LogP contribution in [-0.2, 0) is 0 Å². The average Bonchev–Trinajstić information content (AvgIpc) is 2.41. The molecule has 0 fully saturated rings. The van der Waals surface area contributed by atoms with Crippen molar-refractivity contribution in [1.82, 2.24) is 0 Å². The Morgan fingerprint density at radius 3 is 2.65 bits per heavy atom. The van der Waals surface area contributed by atoms with Crippen molar-refractivity contribution in [1.29, 1.82) is 0 Å². The first-order valence-corrected chi connectivity index (χ1v) is 5.96. The van der Waals surface area contributed by atoms with Gasteiger partial charge in [0.25, 0.3) is 5.91 Å². The molecule has 2 rings (SSSR count). The van der Waals surface area contributed by atoms with E-state index >= 15 is 0 Å². The molecule has 0 bridgehead atoms. The first-order valence-electron chi connectivity index (χ1n) is 5.96. The molecule has 1 amide bonds. The summed E-state index contributed by atoms with van der Waals surface area (Å²) in [6.45, 7) is 1.84. The van der Waals surface area contributed by atoms with Crippen molar-refractivity contribution in [2.45, 2.75) is 6.92 Å². The molecule has 5 heteroatoms. The van der Waals surface area contributed by atoms with Gasteiger partial charge in [-0.3, -0.25) is 4.79 Å². The summed E-state index contributed by atoms with van der Waals surface area (Å²) in [7, 11) is 1.46. The van der Waals surface area contributed by atoms with Gasteiger partial charge in [0.1, 0.15) is 17.3 Å². The van der Waals surface area contributed by atoms with E-state index < -0.39 is 11.7 Å². The van der Waals surface area contributed by atoms with Gasteiger partial charge in [0.15, 0.2) is 0 Å². The fraction of sp³-hybridized carbons (Fsp3) is 0.133. The van der Waals surface area contributed by atoms with Gasteiger partial charge in [-0.25, -0.2) is 4.39 Å². The van der Waals surface area contributed by atoms with Crippen LogP contribution >= 0.6 is 0 Å². The van der Waals surface area contributed by atoms with Crippen molar-refractivity contribution >= 4 is 11.6 Å². The molecule has 0 aliphatic carbocycles. The standard InChI is InChI=1S/C15H14FNO3/c1-9-3-6-14(20-2)11(7-9)15(19)17-13-5-4-10(18)8-12(13)16/h3-8,18H,1-2H3,(H,17,19). The van der Waals surface area contributed by atoms with E-state index in [0.29, 0.717) is 11.3 Å². The highest BCUT2D eigenvalue weighted by Crippen LogP contribution is 2.23. The molecule has 20 heavy (non-hydrogen) atoms. The minimum Gasteiger partial charge on any atom is -0.508 e. The zero-order valence-electron chi connectivity index (χ0n) is 11.1. The third-order valence-corrected chi connectivity index (χ3v) is 2.80. The minimum atomic E-state index is -0.704. The molecule has 0 saturated heterocycles. The molecule has 2 aromatic carbocycles. The molecule has 0 unspecified atom stereocenters. The molecule has 0 heterocycles. The van der Waals surface area contributed by atoms with Crippen LogP contribution in [0.25, 0.3) is 0 Å². The number of hydrogen-bond donors (Lipinski definition) is 2. The van der Waals surface area contributed by atoms with E-state index in [2.05, 4.69) is 5.32 Å². The largest absolute Gasteiger partial charge is 0.508 e. The Morgan fingerprint density at radius 1 is 1.25 bits per heavy atom. The topological polar surface area (TPSA) is 58.6 Å². The fourth-order valence-corrected chi connectivity index (χ4v) is 1.79. The summed E-state index contributed by atoms with van der Waals surface area (Å²) in [5, 5.41) is 11.6. The van der Waals surface area contributed by atoms with Gasteiger partial charge in [-0.15, -0.1) is 0 Å². The molecule has 0 atom stereocenters. The predicted octanol–water partition coefficient (Wildman–Crippen LogP) is 3.10. The van der Waals surface area contributed by atoms with Crippen LogP contribution in [0.15, 0.2) is 36.4 Å². The van der Waals surface area contributed by atoms with E-state index in [9.17, 15) is 9.18 Å². The van der Waals surface area contributed by atoms with Gasteiger partial charge >= 0.3 is 0 Å². The summed E-state index contributed by atoms with van der Waals surface area (Å²) < 4.78 is 18.7. The highest BCUT2D eigenvalue weighted by Gasteiger charge is 2.14. The van der Waals surface area contributed by atoms with E-state index in [0.717, 1.165) is 11.6 Å². The van der Waals surface area contributed by atoms with Crippen molar-refractivity contribution in [2.75, 3.05) is 12.4 Å². The van der Waals surface area contributed by atoms with Crippen molar-refractivity contribution in [3.63, 3.8) is 0 Å². The van der Waals surface area contributed by atoms with Crippen LogP contribution in [0.2, 0.25) is 0 Å². The number of halogens is 1. The number of nitrogens with one attached hydrogen (secondary N) is 1. The average molecular weight is 275 g/mol. The molecule has 2 N–H and O–H groups in total. The Labute approximate surface area is 115 Å². The third kappa shape index (κ3) is 2.88. The highest BCUT2D eigenvalue weighted by molar-refractivity contribution is 6.06. The number of carbonyl (C=O) groups is 1. The van der Waals surface area contributed by atoms with Gasteiger partial charge in [-0.05, 0) is 31.2 Å². The number of anilines is 1. The molecule has 0 aliphatic rings. The predicted molar refractivity (Wildman–Crippen MR) is 73.7 cm³/mol. The Bertz CT molecular complexity index is 656. The number of methoxy groups -OCH3 is 1. The van der Waals surface area contributed by atoms with E-state index in [-0.39, 0.29) is 11.4 Å². The second-order valence-corrected chi connectivity index (χ2v) is 4.32. The first-order chi connectivity index (χ1) is 9.51. The molecule has 0 aromatic heterocycles. The van der Waals surface area contributed by atoms with Crippen molar-refractivity contribution in [2.24, 2.45) is 0 Å². The molecular formula is C15H14FNO3. The van der Waals surface area contributed by atoms with Crippen LogP contribution < -0.4 is 10.1 Å². The van der Waals surface area contributed by atoms with Crippen LogP contribution in [0, 0.1) is 12.7 Å². The summed E-state index contributed by atoms with van der Waals surface area (Å²) in [6.07, 6.45) is 0. The van der Waals surface area contributed by atoms with E-state index in [1.54, 1.807) is 12.1 Å². The van der Waals surface area contributed by atoms with Crippen molar-refractivity contribution in [3.05, 3.63) is 53.3 Å². The first kappa shape index (κ1) is 13.9. The number of hydrogen-bond acceptors (Lipinski definition) is 3. The monoisotopic (exact) mass is 275 g/mol. The minimum absolute atomic E-state index is 0.00337. The van der Waals surface area contributed by atoms with Crippen molar-refractivity contribution in [3.8, 4) is 11.5 Å². The van der Waals surface area contributed by atoms with Gasteiger partial charge < -0.3 is 15.2 Å². The maximum atomic E-state index is 13.6. The number of benzene rings is 2. The quantitative estimate of drug-likeness (QED) is 0.846. The SMILES string of the molecule is COc1ccc(C)cc1C(=O)Nc1ccc(O)cc1F. The number of aryl methyl sites for hydroxylation is 1. The molecule has 104 valence electrons. The number of rotatable bonds is 3. The summed E-state index contributed by atoms with van der Waals surface area (Å²) >= 11 is 0. The Hall–Kier alpha value is -2.56. The number of amides is 1. The normalized spacial score (nSPS) is 10.2. The smallest absolute Gasteiger partial charge is 0.259 e. The van der Waals surface area contributed by atoms with Crippen LogP contribution in [0.4, 0.5) is 10.1 Å². The number of ether oxygens (including phenoxy) is 1. The van der Waals surface area contributed by atoms with E-state index in [1.165, 1.54) is 19.2 Å². The van der Waals surface area contributed by atoms with Gasteiger partial charge in [-0.1, -0.05) is 11.6 Å². The molecule has 0 saturated carbocycles. The molecule has 0 aliphatic heterocycles. The lowest BCUT2D eigenvalue weighted by atomic mass is 10.1. The highest BCUT2D eigenvalue weighted by atomic mass is 19.1. The summed E-state index contributed by atoms with van der Waals surface area (Å²) in [5.74, 6) is -0.971. The van der Waals surface area contributed by atoms with Crippen molar-refractivity contribution < 1.29 is 19.0 Å². The molecule has 2 aromatic rings. The zero-order valence-corrected chi connectivity index (χ0v) is 11.1. The lowest BCUT2D eigenvalue weighted by Gasteiger charge is -2.10. The Morgan fingerprint density at radius 2 is 2.00 bits per heavy atom. The van der Waals surface area contributed by atoms with Gasteiger partial charge in [-0.2, -0.15) is 0 Å². The van der Waals surface area contributed by atoms with Crippen LogP contribution in [0.5, 0.6) is 11.5 Å². The molecule has 0 spiro atoms. The number of phenols is 1. The maximum Gasteiger partial charge on any atom is 0.259 e. The second kappa shape index (κ2) is 5.61. The van der Waals surface area contributed by atoms with E-state index in [4.69, 9.17) is 9.84 Å². The zero-order chi connectivity index (χ0) is 14.7. The Kier molecular flexibility index (Phi) is 3.89. The van der Waals surface area contributed by atoms with Crippen LogP contribution in [0.3, 0.4) is 0 Å². The molecular weight excluding hydrogens is 261 g/mol. The maximum absolute atomic E-state index is 13.6. The summed E-state index contributed by atoms with van der Waals surface area (Å²) in [6, 6.07) is 8.68.